The van der Waals surface area contributed by atoms with E-state index >= 15 is 0 Å². The van der Waals surface area contributed by atoms with Crippen molar-refractivity contribution < 1.29 is 13.2 Å². The molecule has 0 fully saturated rings. The number of aryl methyl sites for hydroxylation is 1. The van der Waals surface area contributed by atoms with Crippen LogP contribution in [0, 0.1) is 6.92 Å². The Kier molecular flexibility index (Phi) is 4.20. The summed E-state index contributed by atoms with van der Waals surface area (Å²) in [4.78, 5) is 0.190. The summed E-state index contributed by atoms with van der Waals surface area (Å²) in [6.45, 7) is 1.89. The number of rotatable bonds is 4. The van der Waals surface area contributed by atoms with E-state index in [1.54, 1.807) is 42.5 Å². The van der Waals surface area contributed by atoms with E-state index in [0.717, 1.165) is 5.56 Å². The van der Waals surface area contributed by atoms with Crippen LogP contribution >= 0.6 is 11.6 Å². The number of hydrogen-bond acceptors (Lipinski definition) is 3. The van der Waals surface area contributed by atoms with E-state index in [1.165, 1.54) is 7.11 Å². The lowest BCUT2D eigenvalue weighted by Crippen LogP contribution is -2.13. The van der Waals surface area contributed by atoms with Crippen molar-refractivity contribution in [1.29, 1.82) is 0 Å². The van der Waals surface area contributed by atoms with Crippen LogP contribution in [0.25, 0.3) is 0 Å². The third-order valence-electron chi connectivity index (χ3n) is 2.75. The number of methoxy groups -OCH3 is 1. The molecule has 2 aromatic carbocycles. The molecule has 0 aliphatic rings. The summed E-state index contributed by atoms with van der Waals surface area (Å²) in [6, 6.07) is 11.3. The van der Waals surface area contributed by atoms with Gasteiger partial charge in [0.1, 0.15) is 5.75 Å². The lowest BCUT2D eigenvalue weighted by atomic mass is 10.2. The Bertz CT molecular complexity index is 712. The Balaban J connectivity index is 2.31. The van der Waals surface area contributed by atoms with Crippen LogP contribution in [0.5, 0.6) is 5.75 Å². The summed E-state index contributed by atoms with van der Waals surface area (Å²) in [5.74, 6) is 0.563. The molecule has 0 aliphatic carbocycles. The van der Waals surface area contributed by atoms with Crippen molar-refractivity contribution in [3.05, 3.63) is 53.1 Å². The van der Waals surface area contributed by atoms with Gasteiger partial charge in [0.05, 0.1) is 22.7 Å². The Morgan fingerprint density at radius 2 is 1.75 bits per heavy atom. The van der Waals surface area contributed by atoms with Crippen LogP contribution in [0.3, 0.4) is 0 Å². The molecule has 2 rings (SSSR count). The van der Waals surface area contributed by atoms with Crippen LogP contribution in [0.4, 0.5) is 5.69 Å². The number of nitrogens with one attached hydrogen (secondary N) is 1. The predicted molar refractivity (Wildman–Crippen MR) is 80.0 cm³/mol. The van der Waals surface area contributed by atoms with Gasteiger partial charge in [-0.3, -0.25) is 4.72 Å². The molecule has 0 aliphatic heterocycles. The summed E-state index contributed by atoms with van der Waals surface area (Å²) in [5, 5.41) is 0.278. The fraction of sp³-hybridized carbons (Fsp3) is 0.143. The molecule has 0 atom stereocenters. The molecule has 0 bridgehead atoms. The second-order valence-corrected chi connectivity index (χ2v) is 6.35. The number of sulfonamides is 1. The molecule has 0 aromatic heterocycles. The van der Waals surface area contributed by atoms with Gasteiger partial charge in [0, 0.05) is 6.07 Å². The molecule has 1 N–H and O–H groups in total. The Morgan fingerprint density at radius 3 is 2.30 bits per heavy atom. The summed E-state index contributed by atoms with van der Waals surface area (Å²) >= 11 is 6.02. The van der Waals surface area contributed by atoms with Gasteiger partial charge in [-0.05, 0) is 31.2 Å². The highest BCUT2D eigenvalue weighted by Gasteiger charge is 2.15. The first-order valence-electron chi connectivity index (χ1n) is 5.85. The topological polar surface area (TPSA) is 55.4 Å². The molecule has 0 spiro atoms. The molecule has 0 unspecified atom stereocenters. The van der Waals surface area contributed by atoms with Gasteiger partial charge in [0.25, 0.3) is 10.0 Å². The molecule has 0 radical (unpaired) electrons. The average Bonchev–Trinajstić information content (AvgIpc) is 2.41. The molecule has 6 heteroatoms. The second kappa shape index (κ2) is 5.73. The number of benzene rings is 2. The van der Waals surface area contributed by atoms with Gasteiger partial charge in [-0.1, -0.05) is 29.3 Å². The number of anilines is 1. The van der Waals surface area contributed by atoms with E-state index < -0.39 is 10.0 Å². The number of ether oxygens (including phenoxy) is 1. The fourth-order valence-electron chi connectivity index (χ4n) is 1.63. The molecular formula is C14H14ClNO3S. The van der Waals surface area contributed by atoms with E-state index in [2.05, 4.69) is 4.72 Å². The van der Waals surface area contributed by atoms with Crippen LogP contribution < -0.4 is 9.46 Å². The fourth-order valence-corrected chi connectivity index (χ4v) is 2.98. The maximum Gasteiger partial charge on any atom is 0.261 e. The van der Waals surface area contributed by atoms with Crippen molar-refractivity contribution >= 4 is 27.3 Å². The van der Waals surface area contributed by atoms with Gasteiger partial charge in [-0.15, -0.1) is 0 Å². The normalized spacial score (nSPS) is 11.2. The number of halogens is 1. The smallest absolute Gasteiger partial charge is 0.261 e. The standard InChI is InChI=1S/C14H14ClNO3S/c1-10-3-6-12(7-4-10)20(17,18)16-14-8-5-11(19-2)9-13(14)15/h3-9,16H,1-2H3. The third kappa shape index (κ3) is 3.23. The van der Waals surface area contributed by atoms with E-state index in [-0.39, 0.29) is 9.92 Å². The van der Waals surface area contributed by atoms with Crippen molar-refractivity contribution in [2.75, 3.05) is 11.8 Å². The first kappa shape index (κ1) is 14.7. The molecule has 2 aromatic rings. The Labute approximate surface area is 123 Å². The van der Waals surface area contributed by atoms with Crippen LogP contribution in [-0.2, 0) is 10.0 Å². The lowest BCUT2D eigenvalue weighted by molar-refractivity contribution is 0.415. The van der Waals surface area contributed by atoms with Crippen molar-refractivity contribution in [3.8, 4) is 5.75 Å². The molecule has 20 heavy (non-hydrogen) atoms. The van der Waals surface area contributed by atoms with Crippen LogP contribution in [0.15, 0.2) is 47.4 Å². The number of hydrogen-bond donors (Lipinski definition) is 1. The summed E-state index contributed by atoms with van der Waals surface area (Å²) in [5.41, 5.74) is 1.31. The first-order chi connectivity index (χ1) is 9.42. The third-order valence-corrected chi connectivity index (χ3v) is 4.45. The first-order valence-corrected chi connectivity index (χ1v) is 7.71. The zero-order chi connectivity index (χ0) is 14.8. The summed E-state index contributed by atoms with van der Waals surface area (Å²) in [6.07, 6.45) is 0. The van der Waals surface area contributed by atoms with Gasteiger partial charge in [0.2, 0.25) is 0 Å². The highest BCUT2D eigenvalue weighted by Crippen LogP contribution is 2.28. The molecular weight excluding hydrogens is 298 g/mol. The Hall–Kier alpha value is -1.72. The van der Waals surface area contributed by atoms with Gasteiger partial charge < -0.3 is 4.74 Å². The van der Waals surface area contributed by atoms with Gasteiger partial charge in [-0.2, -0.15) is 0 Å². The minimum Gasteiger partial charge on any atom is -0.497 e. The second-order valence-electron chi connectivity index (χ2n) is 4.26. The molecule has 0 saturated carbocycles. The molecule has 4 nitrogen and oxygen atoms in total. The van der Waals surface area contributed by atoms with E-state index in [1.807, 2.05) is 6.92 Å². The maximum atomic E-state index is 12.2. The molecule has 0 amide bonds. The summed E-state index contributed by atoms with van der Waals surface area (Å²) < 4.78 is 31.9. The van der Waals surface area contributed by atoms with E-state index in [4.69, 9.17) is 16.3 Å². The highest BCUT2D eigenvalue weighted by atomic mass is 35.5. The zero-order valence-electron chi connectivity index (χ0n) is 11.1. The van der Waals surface area contributed by atoms with Gasteiger partial charge in [0.15, 0.2) is 0 Å². The maximum absolute atomic E-state index is 12.2. The van der Waals surface area contributed by atoms with Gasteiger partial charge >= 0.3 is 0 Å². The summed E-state index contributed by atoms with van der Waals surface area (Å²) in [7, 11) is -2.13. The van der Waals surface area contributed by atoms with Crippen molar-refractivity contribution in [3.63, 3.8) is 0 Å². The molecule has 0 saturated heterocycles. The minimum atomic E-state index is -3.65. The van der Waals surface area contributed by atoms with Crippen LogP contribution in [-0.4, -0.2) is 15.5 Å². The lowest BCUT2D eigenvalue weighted by Gasteiger charge is -2.10. The average molecular weight is 312 g/mol. The zero-order valence-corrected chi connectivity index (χ0v) is 12.6. The van der Waals surface area contributed by atoms with Crippen molar-refractivity contribution in [2.45, 2.75) is 11.8 Å². The van der Waals surface area contributed by atoms with Gasteiger partial charge in [-0.25, -0.2) is 8.42 Å². The largest absolute Gasteiger partial charge is 0.497 e. The minimum absolute atomic E-state index is 0.190. The SMILES string of the molecule is COc1ccc(NS(=O)(=O)c2ccc(C)cc2)c(Cl)c1. The van der Waals surface area contributed by atoms with E-state index in [0.29, 0.717) is 11.4 Å². The quantitative estimate of drug-likeness (QED) is 0.940. The highest BCUT2D eigenvalue weighted by molar-refractivity contribution is 7.92. The van der Waals surface area contributed by atoms with Crippen LogP contribution in [0.1, 0.15) is 5.56 Å². The van der Waals surface area contributed by atoms with E-state index in [9.17, 15) is 8.42 Å². The van der Waals surface area contributed by atoms with Crippen molar-refractivity contribution in [1.82, 2.24) is 0 Å². The van der Waals surface area contributed by atoms with Crippen molar-refractivity contribution in [2.24, 2.45) is 0 Å². The Morgan fingerprint density at radius 1 is 1.10 bits per heavy atom. The monoisotopic (exact) mass is 311 g/mol. The molecule has 0 heterocycles. The predicted octanol–water partition coefficient (Wildman–Crippen LogP) is 3.46. The van der Waals surface area contributed by atoms with Crippen LogP contribution in [0.2, 0.25) is 5.02 Å². The molecule has 106 valence electrons.